The molecule has 0 aliphatic heterocycles. The predicted octanol–water partition coefficient (Wildman–Crippen LogP) is 1.57. The van der Waals surface area contributed by atoms with Crippen LogP contribution in [-0.4, -0.2) is 33.4 Å². The summed E-state index contributed by atoms with van der Waals surface area (Å²) in [6.45, 7) is 1.12. The molecule has 0 aliphatic rings. The fraction of sp³-hybridized carbons (Fsp3) is 0.133. The summed E-state index contributed by atoms with van der Waals surface area (Å²) in [5.74, 6) is 0.651. The molecule has 0 bridgehead atoms. The quantitative estimate of drug-likeness (QED) is 0.696. The van der Waals surface area contributed by atoms with Gasteiger partial charge in [-0.05, 0) is 24.3 Å². The number of rotatable bonds is 5. The van der Waals surface area contributed by atoms with Crippen LogP contribution in [0.1, 0.15) is 10.5 Å². The highest BCUT2D eigenvalue weighted by Gasteiger charge is 2.10. The first-order valence-corrected chi connectivity index (χ1v) is 6.70. The molecule has 106 valence electrons. The van der Waals surface area contributed by atoms with E-state index in [1.807, 2.05) is 42.6 Å². The number of aromatic nitrogens is 3. The standard InChI is InChI=1S/C15H15N5O/c21-15(12-11-19-14-6-2-4-10-20(12)14)18-9-8-17-13-5-1-3-7-16-13/h1-7,10-11H,8-9H2,(H,16,17)(H,18,21). The van der Waals surface area contributed by atoms with Crippen molar-refractivity contribution < 1.29 is 4.79 Å². The Morgan fingerprint density at radius 1 is 1.10 bits per heavy atom. The van der Waals surface area contributed by atoms with Crippen LogP contribution < -0.4 is 10.6 Å². The molecule has 0 aliphatic carbocycles. The number of carbonyl (C=O) groups is 1. The second kappa shape index (κ2) is 6.04. The fourth-order valence-corrected chi connectivity index (χ4v) is 2.02. The smallest absolute Gasteiger partial charge is 0.269 e. The molecular formula is C15H15N5O. The van der Waals surface area contributed by atoms with Crippen molar-refractivity contribution in [3.05, 3.63) is 60.7 Å². The van der Waals surface area contributed by atoms with Crippen LogP contribution in [0.5, 0.6) is 0 Å². The Morgan fingerprint density at radius 3 is 2.86 bits per heavy atom. The Morgan fingerprint density at radius 2 is 2.00 bits per heavy atom. The van der Waals surface area contributed by atoms with Crippen molar-refractivity contribution in [1.29, 1.82) is 0 Å². The first-order valence-electron chi connectivity index (χ1n) is 6.70. The van der Waals surface area contributed by atoms with Gasteiger partial charge in [-0.15, -0.1) is 0 Å². The number of nitrogens with zero attached hydrogens (tertiary/aromatic N) is 3. The first kappa shape index (κ1) is 13.1. The second-order valence-electron chi connectivity index (χ2n) is 4.47. The molecule has 0 unspecified atom stereocenters. The van der Waals surface area contributed by atoms with Crippen LogP contribution in [0.3, 0.4) is 0 Å². The van der Waals surface area contributed by atoms with E-state index in [1.54, 1.807) is 16.8 Å². The summed E-state index contributed by atoms with van der Waals surface area (Å²) >= 11 is 0. The zero-order valence-electron chi connectivity index (χ0n) is 11.4. The van der Waals surface area contributed by atoms with Gasteiger partial charge in [0.15, 0.2) is 0 Å². The highest BCUT2D eigenvalue weighted by atomic mass is 16.1. The molecule has 1 amide bonds. The Labute approximate surface area is 121 Å². The fourth-order valence-electron chi connectivity index (χ4n) is 2.02. The van der Waals surface area contributed by atoms with E-state index in [4.69, 9.17) is 0 Å². The number of amides is 1. The highest BCUT2D eigenvalue weighted by molar-refractivity contribution is 5.93. The van der Waals surface area contributed by atoms with Crippen molar-refractivity contribution >= 4 is 17.4 Å². The molecule has 0 spiro atoms. The molecule has 2 N–H and O–H groups in total. The number of hydrogen-bond acceptors (Lipinski definition) is 4. The number of fused-ring (bicyclic) bond motifs is 1. The van der Waals surface area contributed by atoms with Gasteiger partial charge in [0.1, 0.15) is 17.2 Å². The van der Waals surface area contributed by atoms with E-state index < -0.39 is 0 Å². The molecule has 0 aromatic carbocycles. The minimum absolute atomic E-state index is 0.142. The van der Waals surface area contributed by atoms with Gasteiger partial charge in [-0.3, -0.25) is 9.20 Å². The third kappa shape index (κ3) is 3.00. The Hall–Kier alpha value is -2.89. The zero-order chi connectivity index (χ0) is 14.5. The molecule has 0 radical (unpaired) electrons. The van der Waals surface area contributed by atoms with Crippen LogP contribution in [0, 0.1) is 0 Å². The average Bonchev–Trinajstić information content (AvgIpc) is 2.96. The van der Waals surface area contributed by atoms with Gasteiger partial charge in [-0.25, -0.2) is 9.97 Å². The minimum Gasteiger partial charge on any atom is -0.368 e. The Kier molecular flexibility index (Phi) is 3.77. The van der Waals surface area contributed by atoms with E-state index in [9.17, 15) is 4.79 Å². The lowest BCUT2D eigenvalue weighted by Crippen LogP contribution is -2.29. The Bertz CT molecular complexity index is 738. The summed E-state index contributed by atoms with van der Waals surface area (Å²) in [7, 11) is 0. The van der Waals surface area contributed by atoms with Crippen LogP contribution in [-0.2, 0) is 0 Å². The van der Waals surface area contributed by atoms with E-state index in [-0.39, 0.29) is 5.91 Å². The molecule has 0 fully saturated rings. The molecule has 6 heteroatoms. The lowest BCUT2D eigenvalue weighted by Gasteiger charge is -2.07. The SMILES string of the molecule is O=C(NCCNc1ccccn1)c1cnc2ccccn12. The highest BCUT2D eigenvalue weighted by Crippen LogP contribution is 2.05. The van der Waals surface area contributed by atoms with Gasteiger partial charge >= 0.3 is 0 Å². The topological polar surface area (TPSA) is 71.3 Å². The van der Waals surface area contributed by atoms with Gasteiger partial charge in [-0.2, -0.15) is 0 Å². The van der Waals surface area contributed by atoms with E-state index >= 15 is 0 Å². The van der Waals surface area contributed by atoms with Gasteiger partial charge in [0.05, 0.1) is 6.20 Å². The maximum Gasteiger partial charge on any atom is 0.269 e. The van der Waals surface area contributed by atoms with Crippen LogP contribution in [0.4, 0.5) is 5.82 Å². The molecule has 3 rings (SSSR count). The van der Waals surface area contributed by atoms with Crippen molar-refractivity contribution in [2.24, 2.45) is 0 Å². The van der Waals surface area contributed by atoms with Gasteiger partial charge < -0.3 is 10.6 Å². The van der Waals surface area contributed by atoms with E-state index in [2.05, 4.69) is 20.6 Å². The van der Waals surface area contributed by atoms with E-state index in [1.165, 1.54) is 0 Å². The molecule has 21 heavy (non-hydrogen) atoms. The third-order valence-electron chi connectivity index (χ3n) is 3.03. The predicted molar refractivity (Wildman–Crippen MR) is 80.3 cm³/mol. The van der Waals surface area contributed by atoms with E-state index in [0.29, 0.717) is 18.8 Å². The summed E-state index contributed by atoms with van der Waals surface area (Å²) in [5, 5.41) is 5.99. The summed E-state index contributed by atoms with van der Waals surface area (Å²) in [5.41, 5.74) is 1.29. The number of nitrogens with one attached hydrogen (secondary N) is 2. The third-order valence-corrected chi connectivity index (χ3v) is 3.03. The maximum absolute atomic E-state index is 12.1. The van der Waals surface area contributed by atoms with Gasteiger partial charge in [-0.1, -0.05) is 12.1 Å². The largest absolute Gasteiger partial charge is 0.368 e. The number of anilines is 1. The molecule has 0 saturated heterocycles. The first-order chi connectivity index (χ1) is 10.3. The van der Waals surface area contributed by atoms with Gasteiger partial charge in [0.25, 0.3) is 5.91 Å². The van der Waals surface area contributed by atoms with Crippen molar-refractivity contribution in [3.63, 3.8) is 0 Å². The van der Waals surface area contributed by atoms with Crippen LogP contribution in [0.2, 0.25) is 0 Å². The lowest BCUT2D eigenvalue weighted by atomic mass is 10.4. The van der Waals surface area contributed by atoms with Crippen LogP contribution in [0.15, 0.2) is 55.0 Å². The van der Waals surface area contributed by atoms with Crippen LogP contribution >= 0.6 is 0 Å². The summed E-state index contributed by atoms with van der Waals surface area (Å²) < 4.78 is 1.77. The molecular weight excluding hydrogens is 266 g/mol. The monoisotopic (exact) mass is 281 g/mol. The second-order valence-corrected chi connectivity index (χ2v) is 4.47. The maximum atomic E-state index is 12.1. The number of pyridine rings is 2. The minimum atomic E-state index is -0.142. The van der Waals surface area contributed by atoms with Crippen molar-refractivity contribution in [3.8, 4) is 0 Å². The number of carbonyl (C=O) groups excluding carboxylic acids is 1. The molecule has 3 aromatic rings. The number of hydrogen-bond donors (Lipinski definition) is 2. The molecule has 0 saturated carbocycles. The van der Waals surface area contributed by atoms with E-state index in [0.717, 1.165) is 11.5 Å². The van der Waals surface area contributed by atoms with Crippen molar-refractivity contribution in [2.75, 3.05) is 18.4 Å². The van der Waals surface area contributed by atoms with Crippen LogP contribution in [0.25, 0.3) is 5.65 Å². The normalized spacial score (nSPS) is 10.5. The lowest BCUT2D eigenvalue weighted by molar-refractivity contribution is 0.0949. The Balaban J connectivity index is 1.55. The van der Waals surface area contributed by atoms with Crippen molar-refractivity contribution in [2.45, 2.75) is 0 Å². The summed E-state index contributed by atoms with van der Waals surface area (Å²) in [4.78, 5) is 20.5. The van der Waals surface area contributed by atoms with Gasteiger partial charge in [0, 0.05) is 25.5 Å². The zero-order valence-corrected chi connectivity index (χ0v) is 11.4. The molecule has 3 aromatic heterocycles. The summed E-state index contributed by atoms with van der Waals surface area (Å²) in [6.07, 6.45) is 5.12. The van der Waals surface area contributed by atoms with Gasteiger partial charge in [0.2, 0.25) is 0 Å². The molecule has 6 nitrogen and oxygen atoms in total. The summed E-state index contributed by atoms with van der Waals surface area (Å²) in [6, 6.07) is 11.3. The average molecular weight is 281 g/mol. The van der Waals surface area contributed by atoms with Crippen molar-refractivity contribution in [1.82, 2.24) is 19.7 Å². The molecule has 3 heterocycles. The number of imidazole rings is 1. The molecule has 0 atom stereocenters.